The van der Waals surface area contributed by atoms with Crippen molar-refractivity contribution in [2.24, 2.45) is 5.41 Å². The lowest BCUT2D eigenvalue weighted by Crippen LogP contribution is -2.47. The summed E-state index contributed by atoms with van der Waals surface area (Å²) in [6.45, 7) is 29.5. The molecule has 1 aromatic carbocycles. The number of benzene rings is 1. The highest BCUT2D eigenvalue weighted by molar-refractivity contribution is 9.10. The third-order valence-corrected chi connectivity index (χ3v) is 15.2. The van der Waals surface area contributed by atoms with Gasteiger partial charge < -0.3 is 13.9 Å². The largest absolute Gasteiger partial charge is 0.416 e. The fourth-order valence-corrected chi connectivity index (χ4v) is 7.95. The Balaban J connectivity index is 1.59. The van der Waals surface area contributed by atoms with E-state index >= 15 is 0 Å². The molecule has 5 nitrogen and oxygen atoms in total. The molecule has 1 aliphatic heterocycles. The molecule has 1 saturated carbocycles. The van der Waals surface area contributed by atoms with Crippen molar-refractivity contribution < 1.29 is 4.43 Å². The molecule has 0 atom stereocenters. The summed E-state index contributed by atoms with van der Waals surface area (Å²) >= 11 is 3.81. The topological polar surface area (TPSA) is 33.5 Å². The molecule has 3 aromatic rings. The Kier molecular flexibility index (Phi) is 9.33. The van der Waals surface area contributed by atoms with Gasteiger partial charge >= 0.3 is 0 Å². The minimum Gasteiger partial charge on any atom is -0.416 e. The van der Waals surface area contributed by atoms with Crippen molar-refractivity contribution in [3.05, 3.63) is 46.2 Å². The van der Waals surface area contributed by atoms with Gasteiger partial charge in [0.05, 0.1) is 23.3 Å². The first-order valence-corrected chi connectivity index (χ1v) is 20.3. The molecule has 1 aliphatic carbocycles. The fraction of sp³-hybridized carbons (Fsp3) is 0.639. The Morgan fingerprint density at radius 2 is 1.70 bits per heavy atom. The second-order valence-electron chi connectivity index (χ2n) is 15.7. The summed E-state index contributed by atoms with van der Waals surface area (Å²) in [4.78, 5) is 10.4. The maximum Gasteiger partial charge on any atom is 0.192 e. The third kappa shape index (κ3) is 6.95. The van der Waals surface area contributed by atoms with Gasteiger partial charge in [0.15, 0.2) is 8.32 Å². The zero-order valence-electron chi connectivity index (χ0n) is 28.5. The van der Waals surface area contributed by atoms with Gasteiger partial charge in [0.1, 0.15) is 0 Å². The van der Waals surface area contributed by atoms with E-state index in [0.29, 0.717) is 5.92 Å². The summed E-state index contributed by atoms with van der Waals surface area (Å²) in [7, 11) is -1.86. The quantitative estimate of drug-likeness (QED) is 0.202. The van der Waals surface area contributed by atoms with E-state index in [9.17, 15) is 0 Å². The molecule has 2 fully saturated rings. The van der Waals surface area contributed by atoms with Gasteiger partial charge in [-0.15, -0.1) is 0 Å². The number of aryl methyl sites for hydroxylation is 1. The van der Waals surface area contributed by atoms with E-state index in [1.165, 1.54) is 51.9 Å². The number of nitrogens with zero attached hydrogens (tertiary/aromatic N) is 4. The van der Waals surface area contributed by atoms with Gasteiger partial charge in [0.25, 0.3) is 0 Å². The van der Waals surface area contributed by atoms with Crippen LogP contribution >= 0.6 is 15.9 Å². The summed E-state index contributed by atoms with van der Waals surface area (Å²) in [5.74, 6) is 0.327. The van der Waals surface area contributed by atoms with Gasteiger partial charge in [-0.05, 0) is 85.5 Å². The van der Waals surface area contributed by atoms with Crippen LogP contribution in [0.15, 0.2) is 34.9 Å². The summed E-state index contributed by atoms with van der Waals surface area (Å²) in [6.07, 6.45) is 5.84. The van der Waals surface area contributed by atoms with Gasteiger partial charge in [-0.25, -0.2) is 0 Å². The Labute approximate surface area is 270 Å². The minimum atomic E-state index is -1.86. The highest BCUT2D eigenvalue weighted by Gasteiger charge is 2.39. The van der Waals surface area contributed by atoms with E-state index < -0.39 is 8.32 Å². The van der Waals surface area contributed by atoms with Crippen LogP contribution in [0.2, 0.25) is 18.1 Å². The van der Waals surface area contributed by atoms with Crippen LogP contribution in [0.3, 0.4) is 0 Å². The van der Waals surface area contributed by atoms with Crippen molar-refractivity contribution in [3.8, 4) is 11.3 Å². The molecule has 5 rings (SSSR count). The maximum atomic E-state index is 6.84. The molecule has 0 N–H and O–H groups in total. The number of halogens is 1. The lowest BCUT2D eigenvalue weighted by atomic mass is 9.84. The van der Waals surface area contributed by atoms with Crippen molar-refractivity contribution in [1.29, 1.82) is 0 Å². The van der Waals surface area contributed by atoms with Crippen LogP contribution in [-0.2, 0) is 17.4 Å². The zero-order chi connectivity index (χ0) is 31.3. The monoisotopic (exact) mass is 666 g/mol. The molecule has 0 bridgehead atoms. The molecule has 43 heavy (non-hydrogen) atoms. The molecular weight excluding hydrogens is 612 g/mol. The lowest BCUT2D eigenvalue weighted by molar-refractivity contribution is 0.165. The van der Waals surface area contributed by atoms with E-state index in [1.54, 1.807) is 0 Å². The molecular formula is C36H55BrN4OSi. The van der Waals surface area contributed by atoms with E-state index in [0.717, 1.165) is 56.3 Å². The highest BCUT2D eigenvalue weighted by atomic mass is 79.9. The average Bonchev–Trinajstić information content (AvgIpc) is 3.75. The number of hydrogen-bond acceptors (Lipinski definition) is 4. The van der Waals surface area contributed by atoms with E-state index in [4.69, 9.17) is 9.41 Å². The predicted molar refractivity (Wildman–Crippen MR) is 190 cm³/mol. The standard InChI is InChI=1S/C36H55BrN4OSi/c1-11-41-32-15-12-26(37)20-29(32)31(22-36(7,8)24-42-43(9,10)35(4,5)6)34(41)30-21-28(23-38-33(30)25(2)3)40-18-16-39(17-19-40)27-13-14-27/h12,15,20-21,23,25,27H,11,13-14,16-19,22,24H2,1-10H3. The number of rotatable bonds is 10. The molecule has 2 aromatic heterocycles. The van der Waals surface area contributed by atoms with Crippen LogP contribution in [0, 0.1) is 5.41 Å². The molecule has 0 spiro atoms. The smallest absolute Gasteiger partial charge is 0.192 e. The predicted octanol–water partition coefficient (Wildman–Crippen LogP) is 9.48. The SMILES string of the molecule is CCn1c(-c2cc(N3CCN(C4CC4)CC3)cnc2C(C)C)c(CC(C)(C)CO[Si](C)(C)C(C)(C)C)c2cc(Br)ccc21. The van der Waals surface area contributed by atoms with Crippen LogP contribution in [0.5, 0.6) is 0 Å². The van der Waals surface area contributed by atoms with Crippen molar-refractivity contribution in [2.45, 2.75) is 111 Å². The first-order valence-electron chi connectivity index (χ1n) is 16.6. The normalized spacial score (nSPS) is 17.4. The van der Waals surface area contributed by atoms with Crippen molar-refractivity contribution in [3.63, 3.8) is 0 Å². The van der Waals surface area contributed by atoms with Crippen molar-refractivity contribution in [2.75, 3.05) is 37.7 Å². The molecule has 0 radical (unpaired) electrons. The second-order valence-corrected chi connectivity index (χ2v) is 21.4. The summed E-state index contributed by atoms with van der Waals surface area (Å²) in [6, 6.07) is 10.1. The number of piperazine rings is 1. The molecule has 1 saturated heterocycles. The Bertz CT molecular complexity index is 1440. The van der Waals surface area contributed by atoms with Crippen LogP contribution in [0.25, 0.3) is 22.2 Å². The first-order chi connectivity index (χ1) is 20.1. The fourth-order valence-electron chi connectivity index (χ4n) is 6.41. The Morgan fingerprint density at radius 1 is 1.02 bits per heavy atom. The molecule has 7 heteroatoms. The number of anilines is 1. The van der Waals surface area contributed by atoms with Gasteiger partial charge in [0, 0.05) is 66.3 Å². The average molecular weight is 668 g/mol. The van der Waals surface area contributed by atoms with Crippen LogP contribution in [-0.4, -0.2) is 61.6 Å². The summed E-state index contributed by atoms with van der Waals surface area (Å²) < 4.78 is 10.5. The number of fused-ring (bicyclic) bond motifs is 1. The van der Waals surface area contributed by atoms with Gasteiger partial charge in [-0.2, -0.15) is 0 Å². The third-order valence-electron chi connectivity index (χ3n) is 10.2. The minimum absolute atomic E-state index is 0.0262. The molecule has 236 valence electrons. The second kappa shape index (κ2) is 12.3. The van der Waals surface area contributed by atoms with Crippen molar-refractivity contribution in [1.82, 2.24) is 14.5 Å². The molecule has 0 amide bonds. The van der Waals surface area contributed by atoms with E-state index in [1.807, 2.05) is 0 Å². The Hall–Kier alpha value is -1.67. The van der Waals surface area contributed by atoms with Crippen LogP contribution < -0.4 is 4.90 Å². The van der Waals surface area contributed by atoms with E-state index in [2.05, 4.69) is 129 Å². The Morgan fingerprint density at radius 3 is 2.28 bits per heavy atom. The lowest BCUT2D eigenvalue weighted by Gasteiger charge is -2.39. The van der Waals surface area contributed by atoms with Gasteiger partial charge in [0.2, 0.25) is 0 Å². The molecule has 2 aliphatic rings. The maximum absolute atomic E-state index is 6.84. The first kappa shape index (κ1) is 32.7. The molecule has 3 heterocycles. The van der Waals surface area contributed by atoms with Crippen LogP contribution in [0.1, 0.15) is 85.4 Å². The van der Waals surface area contributed by atoms with Crippen molar-refractivity contribution >= 4 is 40.8 Å². The van der Waals surface area contributed by atoms with E-state index in [-0.39, 0.29) is 10.5 Å². The summed E-state index contributed by atoms with van der Waals surface area (Å²) in [5, 5.41) is 1.53. The van der Waals surface area contributed by atoms with Crippen LogP contribution in [0.4, 0.5) is 5.69 Å². The number of pyridine rings is 1. The van der Waals surface area contributed by atoms with Gasteiger partial charge in [-0.1, -0.05) is 64.4 Å². The highest BCUT2D eigenvalue weighted by Crippen LogP contribution is 2.43. The zero-order valence-corrected chi connectivity index (χ0v) is 31.1. The summed E-state index contributed by atoms with van der Waals surface area (Å²) in [5.41, 5.74) is 7.77. The number of hydrogen-bond donors (Lipinski definition) is 0. The number of aromatic nitrogens is 2. The van der Waals surface area contributed by atoms with Gasteiger partial charge in [-0.3, -0.25) is 9.88 Å². The molecule has 0 unspecified atom stereocenters.